The van der Waals surface area contributed by atoms with Gasteiger partial charge in [-0.25, -0.2) is 4.68 Å². The number of fused-ring (bicyclic) bond motifs is 1. The highest BCUT2D eigenvalue weighted by atomic mass is 35.5. The molecule has 1 saturated heterocycles. The molecule has 9 heteroatoms. The molecule has 1 aromatic carbocycles. The van der Waals surface area contributed by atoms with Gasteiger partial charge in [-0.15, -0.1) is 29.9 Å². The smallest absolute Gasteiger partial charge is 0.274 e. The third kappa shape index (κ3) is 4.11. The molecule has 28 heavy (non-hydrogen) atoms. The standard InChI is InChI=1S/C19H22N6O.2ClH/c1-12-15(8-5-10-20-12)22-19(26)18-13(2)25(24-23-18)17-9-3-7-16-14(17)6-4-11-21-16;;/h3-4,6-7,9,11-12,15,20H,5,8,10H2,1-2H3,(H,22,26);2*1H. The van der Waals surface area contributed by atoms with Gasteiger partial charge in [0, 0.05) is 23.7 Å². The highest BCUT2D eigenvalue weighted by molar-refractivity contribution is 5.94. The number of hydrogen-bond acceptors (Lipinski definition) is 5. The summed E-state index contributed by atoms with van der Waals surface area (Å²) >= 11 is 0. The number of rotatable bonds is 3. The first kappa shape index (κ1) is 22.1. The number of hydrogen-bond donors (Lipinski definition) is 2. The molecule has 1 amide bonds. The third-order valence-corrected chi connectivity index (χ3v) is 5.04. The summed E-state index contributed by atoms with van der Waals surface area (Å²) in [5.74, 6) is -0.173. The molecule has 1 aliphatic rings. The minimum Gasteiger partial charge on any atom is -0.346 e. The van der Waals surface area contributed by atoms with E-state index in [9.17, 15) is 4.79 Å². The van der Waals surface area contributed by atoms with Gasteiger partial charge in [0.2, 0.25) is 0 Å². The average molecular weight is 423 g/mol. The van der Waals surface area contributed by atoms with Gasteiger partial charge in [0.25, 0.3) is 5.91 Å². The monoisotopic (exact) mass is 422 g/mol. The second-order valence-corrected chi connectivity index (χ2v) is 6.75. The Kier molecular flexibility index (Phi) is 7.35. The molecule has 0 radical (unpaired) electrons. The van der Waals surface area contributed by atoms with Crippen LogP contribution < -0.4 is 10.6 Å². The van der Waals surface area contributed by atoms with Crippen molar-refractivity contribution in [2.45, 2.75) is 38.8 Å². The van der Waals surface area contributed by atoms with Crippen LogP contribution in [0.2, 0.25) is 0 Å². The summed E-state index contributed by atoms with van der Waals surface area (Å²) in [5, 5.41) is 15.8. The molecular formula is C19H24Cl2N6O. The Bertz CT molecular complexity index is 955. The molecular weight excluding hydrogens is 399 g/mol. The van der Waals surface area contributed by atoms with E-state index in [1.165, 1.54) is 0 Å². The fourth-order valence-electron chi connectivity index (χ4n) is 3.52. The van der Waals surface area contributed by atoms with Crippen LogP contribution in [0.1, 0.15) is 35.9 Å². The predicted octanol–water partition coefficient (Wildman–Crippen LogP) is 2.84. The molecule has 2 atom stereocenters. The average Bonchev–Trinajstić information content (AvgIpc) is 3.04. The van der Waals surface area contributed by atoms with Gasteiger partial charge < -0.3 is 10.6 Å². The van der Waals surface area contributed by atoms with Gasteiger partial charge in [-0.1, -0.05) is 11.3 Å². The van der Waals surface area contributed by atoms with Crippen LogP contribution in [0.4, 0.5) is 0 Å². The zero-order chi connectivity index (χ0) is 18.1. The van der Waals surface area contributed by atoms with Crippen molar-refractivity contribution in [1.82, 2.24) is 30.6 Å². The number of pyridine rings is 1. The Morgan fingerprint density at radius 2 is 2.07 bits per heavy atom. The van der Waals surface area contributed by atoms with E-state index in [1.807, 2.05) is 37.3 Å². The van der Waals surface area contributed by atoms with Gasteiger partial charge >= 0.3 is 0 Å². The molecule has 2 unspecified atom stereocenters. The van der Waals surface area contributed by atoms with E-state index in [4.69, 9.17) is 0 Å². The van der Waals surface area contributed by atoms with Crippen LogP contribution in [0.5, 0.6) is 0 Å². The summed E-state index contributed by atoms with van der Waals surface area (Å²) in [5.41, 5.74) is 2.83. The molecule has 0 bridgehead atoms. The van der Waals surface area contributed by atoms with E-state index in [0.29, 0.717) is 5.69 Å². The minimum absolute atomic E-state index is 0. The van der Waals surface area contributed by atoms with Crippen LogP contribution in [0, 0.1) is 6.92 Å². The van der Waals surface area contributed by atoms with Crippen molar-refractivity contribution < 1.29 is 4.79 Å². The largest absolute Gasteiger partial charge is 0.346 e. The number of piperidine rings is 1. The lowest BCUT2D eigenvalue weighted by Gasteiger charge is -2.30. The summed E-state index contributed by atoms with van der Waals surface area (Å²) in [4.78, 5) is 17.1. The van der Waals surface area contributed by atoms with E-state index in [0.717, 1.165) is 41.7 Å². The number of amides is 1. The van der Waals surface area contributed by atoms with Crippen LogP contribution in [0.15, 0.2) is 36.5 Å². The number of nitrogens with zero attached hydrogens (tertiary/aromatic N) is 4. The number of carbonyl (C=O) groups excluding carboxylic acids is 1. The molecule has 3 aromatic rings. The van der Waals surface area contributed by atoms with E-state index < -0.39 is 0 Å². The first-order chi connectivity index (χ1) is 12.6. The number of nitrogens with one attached hydrogen (secondary N) is 2. The highest BCUT2D eigenvalue weighted by Gasteiger charge is 2.25. The highest BCUT2D eigenvalue weighted by Crippen LogP contribution is 2.22. The zero-order valence-electron chi connectivity index (χ0n) is 15.8. The number of benzene rings is 1. The first-order valence-electron chi connectivity index (χ1n) is 8.96. The molecule has 7 nitrogen and oxygen atoms in total. The SMILES string of the molecule is Cc1c(C(=O)NC2CCCNC2C)nnn1-c1cccc2ncccc12.Cl.Cl. The van der Waals surface area contributed by atoms with Crippen molar-refractivity contribution in [2.24, 2.45) is 0 Å². The molecule has 0 saturated carbocycles. The molecule has 150 valence electrons. The lowest BCUT2D eigenvalue weighted by Crippen LogP contribution is -2.52. The molecule has 3 heterocycles. The topological polar surface area (TPSA) is 84.7 Å². The maximum atomic E-state index is 12.7. The molecule has 1 fully saturated rings. The van der Waals surface area contributed by atoms with Crippen molar-refractivity contribution in [3.05, 3.63) is 47.9 Å². The summed E-state index contributed by atoms with van der Waals surface area (Å²) in [6.45, 7) is 4.96. The van der Waals surface area contributed by atoms with E-state index >= 15 is 0 Å². The Morgan fingerprint density at radius 1 is 1.25 bits per heavy atom. The van der Waals surface area contributed by atoms with Crippen molar-refractivity contribution >= 4 is 41.6 Å². The van der Waals surface area contributed by atoms with Crippen molar-refractivity contribution in [3.63, 3.8) is 0 Å². The van der Waals surface area contributed by atoms with Crippen molar-refractivity contribution in [2.75, 3.05) is 6.54 Å². The molecule has 4 rings (SSSR count). The minimum atomic E-state index is -0.173. The van der Waals surface area contributed by atoms with Crippen LogP contribution in [0.3, 0.4) is 0 Å². The van der Waals surface area contributed by atoms with Crippen LogP contribution in [0.25, 0.3) is 16.6 Å². The van der Waals surface area contributed by atoms with Gasteiger partial charge in [0.1, 0.15) is 0 Å². The lowest BCUT2D eigenvalue weighted by atomic mass is 10.00. The third-order valence-electron chi connectivity index (χ3n) is 5.04. The van der Waals surface area contributed by atoms with E-state index in [2.05, 4.69) is 32.9 Å². The number of halogens is 2. The zero-order valence-corrected chi connectivity index (χ0v) is 17.4. The summed E-state index contributed by atoms with van der Waals surface area (Å²) in [6, 6.07) is 10.1. The van der Waals surface area contributed by atoms with Crippen LogP contribution >= 0.6 is 24.8 Å². The maximum absolute atomic E-state index is 12.7. The molecule has 0 spiro atoms. The van der Waals surface area contributed by atoms with Gasteiger partial charge in [-0.2, -0.15) is 0 Å². The van der Waals surface area contributed by atoms with Gasteiger partial charge in [-0.05, 0) is 57.5 Å². The molecule has 2 N–H and O–H groups in total. The van der Waals surface area contributed by atoms with Gasteiger partial charge in [0.05, 0.1) is 16.9 Å². The fourth-order valence-corrected chi connectivity index (χ4v) is 3.52. The quantitative estimate of drug-likeness (QED) is 0.677. The number of aromatic nitrogens is 4. The van der Waals surface area contributed by atoms with Gasteiger partial charge in [0.15, 0.2) is 5.69 Å². The fraction of sp³-hybridized carbons (Fsp3) is 0.368. The van der Waals surface area contributed by atoms with Crippen LogP contribution in [-0.4, -0.2) is 44.5 Å². The molecule has 2 aromatic heterocycles. The Morgan fingerprint density at radius 3 is 2.86 bits per heavy atom. The number of carbonyl (C=O) groups is 1. The summed E-state index contributed by atoms with van der Waals surface area (Å²) in [7, 11) is 0. The van der Waals surface area contributed by atoms with Gasteiger partial charge in [-0.3, -0.25) is 9.78 Å². The van der Waals surface area contributed by atoms with Crippen molar-refractivity contribution in [1.29, 1.82) is 0 Å². The summed E-state index contributed by atoms with van der Waals surface area (Å²) in [6.07, 6.45) is 3.80. The second-order valence-electron chi connectivity index (χ2n) is 6.75. The Hall–Kier alpha value is -2.22. The molecule has 0 aliphatic carbocycles. The Labute approximate surface area is 176 Å². The predicted molar refractivity (Wildman–Crippen MR) is 114 cm³/mol. The van der Waals surface area contributed by atoms with Crippen LogP contribution in [-0.2, 0) is 0 Å². The normalized spacial score (nSPS) is 18.8. The van der Waals surface area contributed by atoms with Crippen molar-refractivity contribution in [3.8, 4) is 5.69 Å². The molecule has 1 aliphatic heterocycles. The van der Waals surface area contributed by atoms with E-state index in [-0.39, 0.29) is 42.8 Å². The lowest BCUT2D eigenvalue weighted by molar-refractivity contribution is 0.0914. The Balaban J connectivity index is 0.00000140. The second kappa shape index (κ2) is 9.32. The maximum Gasteiger partial charge on any atom is 0.274 e. The summed E-state index contributed by atoms with van der Waals surface area (Å²) < 4.78 is 1.71. The first-order valence-corrected chi connectivity index (χ1v) is 8.96. The van der Waals surface area contributed by atoms with E-state index in [1.54, 1.807) is 10.9 Å².